The van der Waals surface area contributed by atoms with E-state index in [-0.39, 0.29) is 6.61 Å². The normalized spacial score (nSPS) is 22.1. The molecule has 2 fully saturated rings. The van der Waals surface area contributed by atoms with Crippen molar-refractivity contribution in [1.29, 1.82) is 0 Å². The summed E-state index contributed by atoms with van der Waals surface area (Å²) in [6.45, 7) is 3.67. The van der Waals surface area contributed by atoms with Gasteiger partial charge in [0, 0.05) is 25.8 Å². The molecule has 0 atom stereocenters. The Balaban J connectivity index is 1.45. The van der Waals surface area contributed by atoms with E-state index in [0.717, 1.165) is 32.5 Å². The van der Waals surface area contributed by atoms with Crippen molar-refractivity contribution in [3.63, 3.8) is 0 Å². The van der Waals surface area contributed by atoms with Gasteiger partial charge < -0.3 is 9.84 Å². The lowest BCUT2D eigenvalue weighted by atomic mass is 10.1. The fourth-order valence-electron chi connectivity index (χ4n) is 3.52. The van der Waals surface area contributed by atoms with Crippen LogP contribution in [-0.2, 0) is 11.3 Å². The van der Waals surface area contributed by atoms with Crippen LogP contribution < -0.4 is 0 Å². The maximum absolute atomic E-state index is 8.79. The van der Waals surface area contributed by atoms with E-state index < -0.39 is 0 Å². The molecule has 0 spiro atoms. The first kappa shape index (κ1) is 15.0. The first-order valence-corrected chi connectivity index (χ1v) is 8.34. The van der Waals surface area contributed by atoms with Gasteiger partial charge in [0.15, 0.2) is 0 Å². The maximum atomic E-state index is 8.79. The molecule has 1 saturated heterocycles. The van der Waals surface area contributed by atoms with Gasteiger partial charge in [0.2, 0.25) is 0 Å². The van der Waals surface area contributed by atoms with Crippen LogP contribution in [0.4, 0.5) is 0 Å². The summed E-state index contributed by atoms with van der Waals surface area (Å²) in [7, 11) is 0. The lowest BCUT2D eigenvalue weighted by Crippen LogP contribution is -2.37. The number of aliphatic hydroxyl groups is 1. The molecule has 0 unspecified atom stereocenters. The SMILES string of the molecule is OCCOC1CCN(Cc2ccn(C3CCCC3)n2)CC1. The van der Waals surface area contributed by atoms with Crippen LogP contribution in [0.25, 0.3) is 0 Å². The lowest BCUT2D eigenvalue weighted by Gasteiger charge is -2.31. The minimum Gasteiger partial charge on any atom is -0.394 e. The number of hydrogen-bond acceptors (Lipinski definition) is 4. The number of rotatable bonds is 6. The zero-order chi connectivity index (χ0) is 14.5. The second-order valence-corrected chi connectivity index (χ2v) is 6.30. The first-order chi connectivity index (χ1) is 10.3. The summed E-state index contributed by atoms with van der Waals surface area (Å²) in [6, 6.07) is 2.81. The predicted molar refractivity (Wildman–Crippen MR) is 81.1 cm³/mol. The van der Waals surface area contributed by atoms with Crippen LogP contribution in [0.2, 0.25) is 0 Å². The fraction of sp³-hybridized carbons (Fsp3) is 0.812. The zero-order valence-electron chi connectivity index (χ0n) is 12.8. The minimum absolute atomic E-state index is 0.124. The van der Waals surface area contributed by atoms with Crippen molar-refractivity contribution in [3.8, 4) is 0 Å². The summed E-state index contributed by atoms with van der Waals surface area (Å²) in [6.07, 6.45) is 9.87. The molecule has 2 heterocycles. The van der Waals surface area contributed by atoms with E-state index >= 15 is 0 Å². The first-order valence-electron chi connectivity index (χ1n) is 8.34. The molecular weight excluding hydrogens is 266 g/mol. The van der Waals surface area contributed by atoms with Gasteiger partial charge in [-0.2, -0.15) is 5.10 Å². The summed E-state index contributed by atoms with van der Waals surface area (Å²) >= 11 is 0. The Morgan fingerprint density at radius 1 is 1.19 bits per heavy atom. The van der Waals surface area contributed by atoms with Crippen molar-refractivity contribution < 1.29 is 9.84 Å². The van der Waals surface area contributed by atoms with E-state index in [9.17, 15) is 0 Å². The molecule has 0 radical (unpaired) electrons. The highest BCUT2D eigenvalue weighted by molar-refractivity contribution is 5.00. The highest BCUT2D eigenvalue weighted by atomic mass is 16.5. The van der Waals surface area contributed by atoms with Gasteiger partial charge in [-0.15, -0.1) is 0 Å². The molecule has 2 aliphatic rings. The van der Waals surface area contributed by atoms with Crippen molar-refractivity contribution in [2.24, 2.45) is 0 Å². The van der Waals surface area contributed by atoms with Gasteiger partial charge >= 0.3 is 0 Å². The van der Waals surface area contributed by atoms with E-state index in [1.165, 1.54) is 31.4 Å². The van der Waals surface area contributed by atoms with Gasteiger partial charge in [-0.05, 0) is 31.7 Å². The Morgan fingerprint density at radius 3 is 2.67 bits per heavy atom. The Morgan fingerprint density at radius 2 is 1.95 bits per heavy atom. The average Bonchev–Trinajstić information content (AvgIpc) is 3.17. The van der Waals surface area contributed by atoms with Crippen LogP contribution in [0.1, 0.15) is 50.3 Å². The molecular formula is C16H27N3O2. The topological polar surface area (TPSA) is 50.5 Å². The van der Waals surface area contributed by atoms with E-state index in [1.807, 2.05) is 0 Å². The number of piperidine rings is 1. The molecule has 1 aliphatic carbocycles. The summed E-state index contributed by atoms with van der Waals surface area (Å²) < 4.78 is 7.79. The number of aromatic nitrogens is 2. The molecule has 1 aromatic rings. The van der Waals surface area contributed by atoms with Crippen molar-refractivity contribution in [1.82, 2.24) is 14.7 Å². The smallest absolute Gasteiger partial charge is 0.0764 e. The third-order valence-corrected chi connectivity index (χ3v) is 4.73. The van der Waals surface area contributed by atoms with Gasteiger partial charge in [0.25, 0.3) is 0 Å². The standard InChI is InChI=1S/C16H27N3O2/c20-11-12-21-16-6-8-18(9-7-16)13-14-5-10-19(17-14)15-3-1-2-4-15/h5,10,15-16,20H,1-4,6-9,11-13H2. The molecule has 1 saturated carbocycles. The number of hydrogen-bond donors (Lipinski definition) is 1. The lowest BCUT2D eigenvalue weighted by molar-refractivity contribution is -0.00922. The monoisotopic (exact) mass is 293 g/mol. The van der Waals surface area contributed by atoms with Crippen LogP contribution in [0.15, 0.2) is 12.3 Å². The number of aliphatic hydroxyl groups excluding tert-OH is 1. The minimum atomic E-state index is 0.124. The summed E-state index contributed by atoms with van der Waals surface area (Å²) in [5.74, 6) is 0. The van der Waals surface area contributed by atoms with Crippen molar-refractivity contribution in [2.45, 2.75) is 57.2 Å². The van der Waals surface area contributed by atoms with Gasteiger partial charge in [-0.3, -0.25) is 9.58 Å². The molecule has 1 aliphatic heterocycles. The highest BCUT2D eigenvalue weighted by Crippen LogP contribution is 2.28. The van der Waals surface area contributed by atoms with Crippen molar-refractivity contribution >= 4 is 0 Å². The summed E-state index contributed by atoms with van der Waals surface area (Å²) in [5.41, 5.74) is 1.19. The largest absolute Gasteiger partial charge is 0.394 e. The Bertz CT molecular complexity index is 421. The van der Waals surface area contributed by atoms with Gasteiger partial charge in [-0.1, -0.05) is 12.8 Å². The van der Waals surface area contributed by atoms with Crippen LogP contribution in [0, 0.1) is 0 Å². The molecule has 0 bridgehead atoms. The van der Waals surface area contributed by atoms with E-state index in [0.29, 0.717) is 18.8 Å². The maximum Gasteiger partial charge on any atom is 0.0764 e. The number of likely N-dealkylation sites (tertiary alicyclic amines) is 1. The van der Waals surface area contributed by atoms with Crippen LogP contribution in [0.3, 0.4) is 0 Å². The molecule has 1 N–H and O–H groups in total. The second kappa shape index (κ2) is 7.38. The van der Waals surface area contributed by atoms with Crippen LogP contribution in [-0.4, -0.2) is 52.2 Å². The van der Waals surface area contributed by atoms with Crippen LogP contribution >= 0.6 is 0 Å². The Labute approximate surface area is 126 Å². The third-order valence-electron chi connectivity index (χ3n) is 4.73. The quantitative estimate of drug-likeness (QED) is 0.871. The molecule has 1 aromatic heterocycles. The molecule has 21 heavy (non-hydrogen) atoms. The Hall–Kier alpha value is -0.910. The summed E-state index contributed by atoms with van der Waals surface area (Å²) in [4.78, 5) is 2.46. The number of nitrogens with zero attached hydrogens (tertiary/aromatic N) is 3. The van der Waals surface area contributed by atoms with E-state index in [4.69, 9.17) is 14.9 Å². The van der Waals surface area contributed by atoms with Crippen molar-refractivity contribution in [2.75, 3.05) is 26.3 Å². The van der Waals surface area contributed by atoms with E-state index in [2.05, 4.69) is 21.8 Å². The molecule has 5 heteroatoms. The number of ether oxygens (including phenoxy) is 1. The van der Waals surface area contributed by atoms with Gasteiger partial charge in [0.05, 0.1) is 31.1 Å². The molecule has 3 rings (SSSR count). The van der Waals surface area contributed by atoms with Crippen molar-refractivity contribution in [3.05, 3.63) is 18.0 Å². The molecule has 118 valence electrons. The third kappa shape index (κ3) is 4.05. The zero-order valence-corrected chi connectivity index (χ0v) is 12.8. The van der Waals surface area contributed by atoms with Crippen LogP contribution in [0.5, 0.6) is 0 Å². The highest BCUT2D eigenvalue weighted by Gasteiger charge is 2.21. The second-order valence-electron chi connectivity index (χ2n) is 6.30. The van der Waals surface area contributed by atoms with Gasteiger partial charge in [-0.25, -0.2) is 0 Å². The average molecular weight is 293 g/mol. The Kier molecular flexibility index (Phi) is 5.27. The molecule has 0 aromatic carbocycles. The molecule has 5 nitrogen and oxygen atoms in total. The van der Waals surface area contributed by atoms with E-state index in [1.54, 1.807) is 0 Å². The predicted octanol–water partition coefficient (Wildman–Crippen LogP) is 1.97. The summed E-state index contributed by atoms with van der Waals surface area (Å²) in [5, 5.41) is 13.6. The van der Waals surface area contributed by atoms with Gasteiger partial charge in [0.1, 0.15) is 0 Å². The fourth-order valence-corrected chi connectivity index (χ4v) is 3.52. The molecule has 0 amide bonds.